The zero-order valence-electron chi connectivity index (χ0n) is 18.0. The van der Waals surface area contributed by atoms with Crippen LogP contribution < -0.4 is 0 Å². The third-order valence-electron chi connectivity index (χ3n) is 6.07. The molecule has 3 aromatic rings. The molecule has 2 heterocycles. The highest BCUT2D eigenvalue weighted by molar-refractivity contribution is 5.94. The largest absolute Gasteiger partial charge is 0.299 e. The van der Waals surface area contributed by atoms with Gasteiger partial charge in [-0.25, -0.2) is 0 Å². The topological polar surface area (TPSA) is 16.1 Å². The summed E-state index contributed by atoms with van der Waals surface area (Å²) in [5.41, 5.74) is 9.59. The van der Waals surface area contributed by atoms with Gasteiger partial charge in [-0.15, -0.1) is 24.8 Å². The van der Waals surface area contributed by atoms with Crippen LogP contribution in [0.4, 0.5) is 0 Å². The number of halogens is 2. The minimum absolute atomic E-state index is 0. The standard InChI is InChI=1S/C28H26N2.2ClH/c1-3-11-26-23(9-1)13-14-24-10-2-4-12-27(24)28(26)25-15-19-30(20-16-25)18-6-8-22-7-5-17-29-21-22;;/h1-14,17,21H,15-16,18-20H2;2*1H/b8-6+;;. The van der Waals surface area contributed by atoms with Crippen molar-refractivity contribution in [3.63, 3.8) is 0 Å². The molecule has 2 nitrogen and oxygen atoms in total. The molecule has 5 rings (SSSR count). The number of pyridine rings is 1. The molecule has 0 saturated carbocycles. The Labute approximate surface area is 203 Å². The van der Waals surface area contributed by atoms with Gasteiger partial charge in [0.05, 0.1) is 0 Å². The van der Waals surface area contributed by atoms with Crippen molar-refractivity contribution in [3.8, 4) is 0 Å². The first kappa shape index (κ1) is 24.0. The predicted molar refractivity (Wildman–Crippen MR) is 141 cm³/mol. The van der Waals surface area contributed by atoms with E-state index in [0.717, 1.165) is 38.0 Å². The van der Waals surface area contributed by atoms with Crippen molar-refractivity contribution < 1.29 is 0 Å². The lowest BCUT2D eigenvalue weighted by molar-refractivity contribution is 0.284. The van der Waals surface area contributed by atoms with Gasteiger partial charge >= 0.3 is 0 Å². The summed E-state index contributed by atoms with van der Waals surface area (Å²) in [5, 5.41) is 0. The predicted octanol–water partition coefficient (Wildman–Crippen LogP) is 7.02. The summed E-state index contributed by atoms with van der Waals surface area (Å²) in [5.74, 6) is 0. The van der Waals surface area contributed by atoms with Crippen LogP contribution in [0.5, 0.6) is 0 Å². The quantitative estimate of drug-likeness (QED) is 0.325. The molecule has 0 N–H and O–H groups in total. The van der Waals surface area contributed by atoms with E-state index in [1.54, 1.807) is 5.57 Å². The molecule has 2 aromatic carbocycles. The smallest absolute Gasteiger partial charge is 0.0340 e. The first-order valence-corrected chi connectivity index (χ1v) is 10.8. The Kier molecular flexibility index (Phi) is 8.46. The van der Waals surface area contributed by atoms with Gasteiger partial charge in [0.1, 0.15) is 0 Å². The second-order valence-corrected chi connectivity index (χ2v) is 7.98. The van der Waals surface area contributed by atoms with E-state index < -0.39 is 0 Å². The number of rotatable bonds is 3. The Morgan fingerprint density at radius 2 is 1.41 bits per heavy atom. The molecular formula is C28H28Cl2N2. The third-order valence-corrected chi connectivity index (χ3v) is 6.07. The normalized spacial score (nSPS) is 15.4. The van der Waals surface area contributed by atoms with Gasteiger partial charge in [0.15, 0.2) is 0 Å². The lowest BCUT2D eigenvalue weighted by Crippen LogP contribution is -2.31. The van der Waals surface area contributed by atoms with Crippen molar-refractivity contribution in [1.29, 1.82) is 0 Å². The fraction of sp³-hybridized carbons (Fsp3) is 0.179. The van der Waals surface area contributed by atoms with Gasteiger partial charge in [0.25, 0.3) is 0 Å². The van der Waals surface area contributed by atoms with Crippen LogP contribution in [0.15, 0.2) is 84.7 Å². The molecule has 1 aromatic heterocycles. The lowest BCUT2D eigenvalue weighted by atomic mass is 9.86. The monoisotopic (exact) mass is 462 g/mol. The van der Waals surface area contributed by atoms with Crippen molar-refractivity contribution in [3.05, 3.63) is 113 Å². The van der Waals surface area contributed by atoms with Crippen LogP contribution in [-0.2, 0) is 0 Å². The molecule has 0 radical (unpaired) electrons. The molecule has 2 aliphatic rings. The maximum atomic E-state index is 4.18. The summed E-state index contributed by atoms with van der Waals surface area (Å²) < 4.78 is 0. The van der Waals surface area contributed by atoms with Gasteiger partial charge in [-0.1, -0.05) is 84.5 Å². The number of benzene rings is 2. The number of piperidine rings is 1. The fourth-order valence-corrected chi connectivity index (χ4v) is 4.51. The van der Waals surface area contributed by atoms with Gasteiger partial charge in [0.2, 0.25) is 0 Å². The van der Waals surface area contributed by atoms with Crippen LogP contribution in [0.2, 0.25) is 0 Å². The van der Waals surface area contributed by atoms with Crippen molar-refractivity contribution in [1.82, 2.24) is 9.88 Å². The molecule has 32 heavy (non-hydrogen) atoms. The zero-order chi connectivity index (χ0) is 20.2. The molecule has 1 aliphatic heterocycles. The van der Waals surface area contributed by atoms with Crippen molar-refractivity contribution >= 4 is 48.6 Å². The van der Waals surface area contributed by atoms with E-state index >= 15 is 0 Å². The Hall–Kier alpha value is -2.65. The number of likely N-dealkylation sites (tertiary alicyclic amines) is 1. The molecule has 164 valence electrons. The van der Waals surface area contributed by atoms with E-state index in [0.29, 0.717) is 0 Å². The minimum atomic E-state index is 0. The molecular weight excluding hydrogens is 435 g/mol. The van der Waals surface area contributed by atoms with E-state index in [1.165, 1.54) is 27.8 Å². The molecule has 0 atom stereocenters. The summed E-state index contributed by atoms with van der Waals surface area (Å²) in [7, 11) is 0. The van der Waals surface area contributed by atoms with Gasteiger partial charge in [-0.05, 0) is 52.3 Å². The average Bonchev–Trinajstić information content (AvgIpc) is 2.97. The van der Waals surface area contributed by atoms with Gasteiger partial charge < -0.3 is 0 Å². The van der Waals surface area contributed by atoms with E-state index in [-0.39, 0.29) is 24.8 Å². The van der Waals surface area contributed by atoms with Crippen molar-refractivity contribution in [2.45, 2.75) is 12.8 Å². The zero-order valence-corrected chi connectivity index (χ0v) is 19.6. The summed E-state index contributed by atoms with van der Waals surface area (Å²) in [6.45, 7) is 3.20. The molecule has 0 spiro atoms. The summed E-state index contributed by atoms with van der Waals surface area (Å²) in [6, 6.07) is 21.7. The third kappa shape index (κ3) is 5.21. The molecule has 1 saturated heterocycles. The van der Waals surface area contributed by atoms with E-state index in [9.17, 15) is 0 Å². The number of fused-ring (bicyclic) bond motifs is 2. The Morgan fingerprint density at radius 1 is 0.781 bits per heavy atom. The van der Waals surface area contributed by atoms with Crippen LogP contribution >= 0.6 is 24.8 Å². The SMILES string of the molecule is C1=Cc2ccccc2C(=C2CCN(C/C=C/c3cccnc3)CC2)c2ccccc21.Cl.Cl. The van der Waals surface area contributed by atoms with Crippen LogP contribution in [0.25, 0.3) is 23.8 Å². The molecule has 4 heteroatoms. The number of hydrogen-bond donors (Lipinski definition) is 0. The second kappa shape index (κ2) is 11.3. The molecule has 0 amide bonds. The van der Waals surface area contributed by atoms with Crippen LogP contribution in [-0.4, -0.2) is 29.5 Å². The maximum Gasteiger partial charge on any atom is 0.0340 e. The van der Waals surface area contributed by atoms with E-state index in [2.05, 4.69) is 88.8 Å². The number of aromatic nitrogens is 1. The van der Waals surface area contributed by atoms with E-state index in [1.807, 2.05) is 18.5 Å². The van der Waals surface area contributed by atoms with Crippen LogP contribution in [0.1, 0.15) is 40.7 Å². The highest BCUT2D eigenvalue weighted by Gasteiger charge is 2.21. The minimum Gasteiger partial charge on any atom is -0.299 e. The Balaban J connectivity index is 0.00000144. The van der Waals surface area contributed by atoms with Crippen molar-refractivity contribution in [2.24, 2.45) is 0 Å². The molecule has 1 aliphatic carbocycles. The molecule has 0 unspecified atom stereocenters. The van der Waals surface area contributed by atoms with E-state index in [4.69, 9.17) is 0 Å². The fourth-order valence-electron chi connectivity index (χ4n) is 4.51. The summed E-state index contributed by atoms with van der Waals surface area (Å²) in [6.07, 6.45) is 14.9. The highest BCUT2D eigenvalue weighted by Crippen LogP contribution is 2.38. The Bertz CT molecular complexity index is 1070. The number of nitrogens with zero attached hydrogens (tertiary/aromatic N) is 2. The van der Waals surface area contributed by atoms with Gasteiger partial charge in [-0.3, -0.25) is 9.88 Å². The summed E-state index contributed by atoms with van der Waals surface area (Å²) in [4.78, 5) is 6.73. The lowest BCUT2D eigenvalue weighted by Gasteiger charge is -2.29. The second-order valence-electron chi connectivity index (χ2n) is 7.98. The average molecular weight is 463 g/mol. The summed E-state index contributed by atoms with van der Waals surface area (Å²) >= 11 is 0. The number of hydrogen-bond acceptors (Lipinski definition) is 2. The van der Waals surface area contributed by atoms with Crippen LogP contribution in [0.3, 0.4) is 0 Å². The van der Waals surface area contributed by atoms with Crippen LogP contribution in [0, 0.1) is 0 Å². The Morgan fingerprint density at radius 3 is 2.00 bits per heavy atom. The van der Waals surface area contributed by atoms with Gasteiger partial charge in [0, 0.05) is 32.0 Å². The first-order chi connectivity index (χ1) is 14.9. The van der Waals surface area contributed by atoms with Crippen molar-refractivity contribution in [2.75, 3.05) is 19.6 Å². The molecule has 1 fully saturated rings. The molecule has 0 bridgehead atoms. The van der Waals surface area contributed by atoms with Gasteiger partial charge in [-0.2, -0.15) is 0 Å². The maximum absolute atomic E-state index is 4.18. The highest BCUT2D eigenvalue weighted by atomic mass is 35.5. The first-order valence-electron chi connectivity index (χ1n) is 10.8.